The van der Waals surface area contributed by atoms with Crippen molar-refractivity contribution < 1.29 is 9.84 Å². The summed E-state index contributed by atoms with van der Waals surface area (Å²) in [5, 5.41) is 17.0. The summed E-state index contributed by atoms with van der Waals surface area (Å²) in [6.07, 6.45) is 12.7. The Bertz CT molecular complexity index is 1170. The van der Waals surface area contributed by atoms with Crippen LogP contribution in [0.3, 0.4) is 0 Å². The molecular weight excluding hydrogens is 458 g/mol. The van der Waals surface area contributed by atoms with Crippen LogP contribution in [0.15, 0.2) is 54.7 Å². The number of rotatable bonds is 10. The lowest BCUT2D eigenvalue weighted by Gasteiger charge is -2.20. The number of aliphatic hydroxyl groups excluding tert-OH is 1. The number of aryl methyl sites for hydroxylation is 1. The lowest BCUT2D eigenvalue weighted by molar-refractivity contribution is 0.159. The molecule has 1 unspecified atom stereocenters. The first-order valence-corrected chi connectivity index (χ1v) is 14.1. The van der Waals surface area contributed by atoms with Crippen LogP contribution in [0.2, 0.25) is 0 Å². The molecule has 1 aromatic heterocycles. The number of hydrogen-bond acceptors (Lipinski definition) is 4. The van der Waals surface area contributed by atoms with Gasteiger partial charge in [-0.15, -0.1) is 0 Å². The lowest BCUT2D eigenvalue weighted by Crippen LogP contribution is -2.17. The van der Waals surface area contributed by atoms with Crippen LogP contribution >= 0.6 is 0 Å². The quantitative estimate of drug-likeness (QED) is 0.297. The maximum atomic E-state index is 8.86. The fourth-order valence-electron chi connectivity index (χ4n) is 4.88. The molecule has 0 bridgehead atoms. The minimum absolute atomic E-state index is 0.0509. The highest BCUT2D eigenvalue weighted by Gasteiger charge is 2.44. The number of nitrogens with one attached hydrogen (secondary N) is 1. The van der Waals surface area contributed by atoms with Crippen LogP contribution in [0.5, 0.6) is 5.75 Å². The van der Waals surface area contributed by atoms with Gasteiger partial charge >= 0.3 is 0 Å². The van der Waals surface area contributed by atoms with Crippen LogP contribution in [0.1, 0.15) is 83.8 Å². The Kier molecular flexibility index (Phi) is 9.09. The van der Waals surface area contributed by atoms with Gasteiger partial charge in [0.1, 0.15) is 17.2 Å². The zero-order valence-electron chi connectivity index (χ0n) is 23.0. The zero-order chi connectivity index (χ0) is 26.3. The second-order valence-corrected chi connectivity index (χ2v) is 10.3. The van der Waals surface area contributed by atoms with Gasteiger partial charge in [0.15, 0.2) is 0 Å². The van der Waals surface area contributed by atoms with Crippen LogP contribution in [0, 0.1) is 0 Å². The summed E-state index contributed by atoms with van der Waals surface area (Å²) in [7, 11) is 0. The Morgan fingerprint density at radius 2 is 1.81 bits per heavy atom. The van der Waals surface area contributed by atoms with Gasteiger partial charge in [-0.2, -0.15) is 5.10 Å². The van der Waals surface area contributed by atoms with Crippen molar-refractivity contribution in [2.75, 3.05) is 11.9 Å². The van der Waals surface area contributed by atoms with Gasteiger partial charge in [-0.25, -0.2) is 4.68 Å². The van der Waals surface area contributed by atoms with Crippen molar-refractivity contribution in [3.8, 4) is 16.9 Å². The van der Waals surface area contributed by atoms with E-state index in [2.05, 4.69) is 85.9 Å². The van der Waals surface area contributed by atoms with E-state index >= 15 is 0 Å². The normalized spacial score (nSPS) is 16.0. The van der Waals surface area contributed by atoms with E-state index in [-0.39, 0.29) is 11.7 Å². The molecule has 0 amide bonds. The maximum absolute atomic E-state index is 8.86. The standard InChI is InChI=1S/C26H29N3O.C6H14O/c1-3-12-26(13-14-26)30-23-10-8-20(9-11-23)22-16-27-25-24(17-28-29(25)18-22)21-7-5-6-19(4-2)15-21;1-3-5-6(7)4-2/h5-11,15,17-18,27H,3-4,12-14,16H2,1-2H3;6-7H,3-5H2,1-2H3. The Labute approximate surface area is 222 Å². The van der Waals surface area contributed by atoms with E-state index in [1.807, 2.05) is 17.8 Å². The van der Waals surface area contributed by atoms with Gasteiger partial charge in [0, 0.05) is 18.3 Å². The van der Waals surface area contributed by atoms with E-state index < -0.39 is 0 Å². The number of aromatic nitrogens is 2. The third-order valence-electron chi connectivity index (χ3n) is 7.33. The predicted molar refractivity (Wildman–Crippen MR) is 155 cm³/mol. The number of hydrogen-bond donors (Lipinski definition) is 2. The van der Waals surface area contributed by atoms with Crippen LogP contribution in [-0.4, -0.2) is 33.1 Å². The number of aliphatic hydroxyl groups is 1. The second-order valence-electron chi connectivity index (χ2n) is 10.3. The molecular formula is C32H43N3O2. The zero-order valence-corrected chi connectivity index (χ0v) is 23.0. The number of fused-ring (bicyclic) bond motifs is 1. The van der Waals surface area contributed by atoms with Crippen molar-refractivity contribution in [2.45, 2.75) is 90.8 Å². The lowest BCUT2D eigenvalue weighted by atomic mass is 10.0. The van der Waals surface area contributed by atoms with Gasteiger partial charge < -0.3 is 15.2 Å². The maximum Gasteiger partial charge on any atom is 0.137 e. The van der Waals surface area contributed by atoms with Gasteiger partial charge in [-0.3, -0.25) is 0 Å². The number of nitrogens with zero attached hydrogens (tertiary/aromatic N) is 2. The van der Waals surface area contributed by atoms with Crippen LogP contribution in [0.4, 0.5) is 5.82 Å². The van der Waals surface area contributed by atoms with Gasteiger partial charge in [0.2, 0.25) is 0 Å². The summed E-state index contributed by atoms with van der Waals surface area (Å²) < 4.78 is 8.23. The van der Waals surface area contributed by atoms with E-state index in [9.17, 15) is 0 Å². The first kappa shape index (κ1) is 27.0. The Morgan fingerprint density at radius 3 is 2.43 bits per heavy atom. The van der Waals surface area contributed by atoms with Crippen molar-refractivity contribution in [1.82, 2.24) is 9.78 Å². The summed E-state index contributed by atoms with van der Waals surface area (Å²) in [4.78, 5) is 0. The van der Waals surface area contributed by atoms with Crippen molar-refractivity contribution in [1.29, 1.82) is 0 Å². The first-order chi connectivity index (χ1) is 18.0. The van der Waals surface area contributed by atoms with Gasteiger partial charge in [-0.1, -0.05) is 76.9 Å². The SMILES string of the molecule is CCCC(O)CC.CCCC1(Oc2ccc(C3=Cn4ncc(-c5cccc(CC)c5)c4NC3)cc2)CC1. The summed E-state index contributed by atoms with van der Waals surface area (Å²) in [6, 6.07) is 17.2. The second kappa shape index (κ2) is 12.5. The van der Waals surface area contributed by atoms with Crippen LogP contribution in [-0.2, 0) is 6.42 Å². The highest BCUT2D eigenvalue weighted by atomic mass is 16.5. The van der Waals surface area contributed by atoms with E-state index in [4.69, 9.17) is 9.84 Å². The summed E-state index contributed by atoms with van der Waals surface area (Å²) in [6.45, 7) is 9.28. The number of ether oxygens (including phenoxy) is 1. The average Bonchev–Trinajstić information content (AvgIpc) is 3.55. The molecule has 5 nitrogen and oxygen atoms in total. The monoisotopic (exact) mass is 501 g/mol. The van der Waals surface area contributed by atoms with Crippen molar-refractivity contribution in [3.63, 3.8) is 0 Å². The molecule has 37 heavy (non-hydrogen) atoms. The van der Waals surface area contributed by atoms with Crippen LogP contribution in [0.25, 0.3) is 22.9 Å². The highest BCUT2D eigenvalue weighted by molar-refractivity contribution is 5.86. The van der Waals surface area contributed by atoms with E-state index in [0.717, 1.165) is 55.8 Å². The minimum Gasteiger partial charge on any atom is -0.487 e. The number of benzene rings is 2. The molecule has 2 heterocycles. The molecule has 2 aromatic carbocycles. The molecule has 2 N–H and O–H groups in total. The third kappa shape index (κ3) is 6.84. The predicted octanol–water partition coefficient (Wildman–Crippen LogP) is 7.81. The highest BCUT2D eigenvalue weighted by Crippen LogP contribution is 2.44. The first-order valence-electron chi connectivity index (χ1n) is 14.1. The molecule has 0 radical (unpaired) electrons. The van der Waals surface area contributed by atoms with E-state index in [0.29, 0.717) is 0 Å². The molecule has 1 aliphatic carbocycles. The molecule has 198 valence electrons. The van der Waals surface area contributed by atoms with Gasteiger partial charge in [-0.05, 0) is 72.9 Å². The van der Waals surface area contributed by atoms with E-state index in [1.165, 1.54) is 41.5 Å². The van der Waals surface area contributed by atoms with Crippen molar-refractivity contribution in [3.05, 3.63) is 65.9 Å². The minimum atomic E-state index is -0.0509. The van der Waals surface area contributed by atoms with Crippen molar-refractivity contribution >= 4 is 17.6 Å². The summed E-state index contributed by atoms with van der Waals surface area (Å²) in [5.41, 5.74) is 6.23. The van der Waals surface area contributed by atoms with E-state index in [1.54, 1.807) is 0 Å². The van der Waals surface area contributed by atoms with Crippen LogP contribution < -0.4 is 10.1 Å². The Morgan fingerprint density at radius 1 is 1.03 bits per heavy atom. The molecule has 0 saturated heterocycles. The van der Waals surface area contributed by atoms with Crippen molar-refractivity contribution in [2.24, 2.45) is 0 Å². The van der Waals surface area contributed by atoms with Gasteiger partial charge in [0.25, 0.3) is 0 Å². The molecule has 3 aromatic rings. The smallest absolute Gasteiger partial charge is 0.137 e. The fourth-order valence-corrected chi connectivity index (χ4v) is 4.88. The molecule has 5 rings (SSSR count). The third-order valence-corrected chi connectivity index (χ3v) is 7.33. The molecule has 2 aliphatic rings. The summed E-state index contributed by atoms with van der Waals surface area (Å²) >= 11 is 0. The molecule has 1 saturated carbocycles. The molecule has 1 atom stereocenters. The Hall–Kier alpha value is -3.05. The summed E-state index contributed by atoms with van der Waals surface area (Å²) in [5.74, 6) is 2.04. The molecule has 5 heteroatoms. The Balaban J connectivity index is 0.000000405. The molecule has 1 aliphatic heterocycles. The molecule has 0 spiro atoms. The largest absolute Gasteiger partial charge is 0.487 e. The topological polar surface area (TPSA) is 59.3 Å². The molecule has 1 fully saturated rings. The fraction of sp³-hybridized carbons (Fsp3) is 0.469. The number of anilines is 1. The van der Waals surface area contributed by atoms with Gasteiger partial charge in [0.05, 0.1) is 12.3 Å². The average molecular weight is 502 g/mol.